The predicted molar refractivity (Wildman–Crippen MR) is 120 cm³/mol. The lowest BCUT2D eigenvalue weighted by Crippen LogP contribution is -2.85. The van der Waals surface area contributed by atoms with E-state index in [1.165, 1.54) is 20.8 Å². The second-order valence-electron chi connectivity index (χ2n) is 12.0. The standard InChI is InChI=1S/C26H36O9/c1-12-16-9-17(33-13(2)27)19-24-11-32-26(31,25(19,10-16)22(12)35-15(4)29)21(30)20(24)23(5,6)8-7-18(24)34-14(3)28/h16-22,30-31H,1,7-11H2,2-6H3/t16-,17-,18+,19-,20-,21+,22-,24+,25+,26-/m1/s1. The lowest BCUT2D eigenvalue weighted by atomic mass is 9.35. The van der Waals surface area contributed by atoms with E-state index in [9.17, 15) is 24.6 Å². The van der Waals surface area contributed by atoms with E-state index in [1.54, 1.807) is 0 Å². The summed E-state index contributed by atoms with van der Waals surface area (Å²) in [5.41, 5.74) is -2.13. The van der Waals surface area contributed by atoms with Crippen LogP contribution in [-0.4, -0.2) is 64.9 Å². The van der Waals surface area contributed by atoms with Gasteiger partial charge in [-0.25, -0.2) is 0 Å². The van der Waals surface area contributed by atoms with Crippen molar-refractivity contribution in [2.45, 2.75) is 90.5 Å². The summed E-state index contributed by atoms with van der Waals surface area (Å²) in [7, 11) is 0. The molecule has 6 fully saturated rings. The lowest BCUT2D eigenvalue weighted by Gasteiger charge is -2.75. The molecule has 2 heterocycles. The van der Waals surface area contributed by atoms with Gasteiger partial charge >= 0.3 is 17.9 Å². The molecular formula is C26H36O9. The second kappa shape index (κ2) is 7.52. The number of carbonyl (C=O) groups excluding carboxylic acids is 3. The highest BCUT2D eigenvalue weighted by atomic mass is 16.7. The normalized spacial score (nSPS) is 49.0. The van der Waals surface area contributed by atoms with Crippen LogP contribution in [0.15, 0.2) is 12.2 Å². The molecule has 0 radical (unpaired) electrons. The van der Waals surface area contributed by atoms with Gasteiger partial charge in [-0.3, -0.25) is 14.4 Å². The van der Waals surface area contributed by atoms with Crippen molar-refractivity contribution < 1.29 is 43.5 Å². The third-order valence-corrected chi connectivity index (χ3v) is 9.84. The molecule has 9 heteroatoms. The molecule has 0 unspecified atom stereocenters. The van der Waals surface area contributed by atoms with Crippen LogP contribution in [0.25, 0.3) is 0 Å². The Bertz CT molecular complexity index is 989. The van der Waals surface area contributed by atoms with E-state index >= 15 is 0 Å². The molecule has 4 saturated carbocycles. The van der Waals surface area contributed by atoms with Gasteiger partial charge < -0.3 is 29.2 Å². The number of aliphatic hydroxyl groups is 2. The van der Waals surface area contributed by atoms with Crippen molar-refractivity contribution in [3.63, 3.8) is 0 Å². The number of hydrogen-bond acceptors (Lipinski definition) is 9. The Kier molecular flexibility index (Phi) is 5.31. The summed E-state index contributed by atoms with van der Waals surface area (Å²) < 4.78 is 23.9. The van der Waals surface area contributed by atoms with E-state index in [4.69, 9.17) is 18.9 Å². The molecular weight excluding hydrogens is 456 g/mol. The molecule has 0 amide bonds. The first-order valence-corrected chi connectivity index (χ1v) is 12.5. The minimum Gasteiger partial charge on any atom is -0.462 e. The van der Waals surface area contributed by atoms with Gasteiger partial charge in [-0.05, 0) is 42.6 Å². The predicted octanol–water partition coefficient (Wildman–Crippen LogP) is 1.88. The summed E-state index contributed by atoms with van der Waals surface area (Å²) in [6.45, 7) is 12.3. The van der Waals surface area contributed by atoms with Crippen LogP contribution >= 0.6 is 0 Å². The van der Waals surface area contributed by atoms with Crippen molar-refractivity contribution in [3.05, 3.63) is 12.2 Å². The van der Waals surface area contributed by atoms with Gasteiger partial charge in [0, 0.05) is 38.0 Å². The Labute approximate surface area is 205 Å². The molecule has 4 aliphatic carbocycles. The van der Waals surface area contributed by atoms with Gasteiger partial charge in [0.2, 0.25) is 5.79 Å². The van der Waals surface area contributed by atoms with Crippen LogP contribution < -0.4 is 0 Å². The molecule has 0 aromatic heterocycles. The van der Waals surface area contributed by atoms with Crippen LogP contribution in [0, 0.1) is 34.0 Å². The van der Waals surface area contributed by atoms with Crippen molar-refractivity contribution in [2.75, 3.05) is 6.61 Å². The Balaban J connectivity index is 1.80. The van der Waals surface area contributed by atoms with Gasteiger partial charge in [-0.15, -0.1) is 0 Å². The number of rotatable bonds is 3. The first-order valence-electron chi connectivity index (χ1n) is 12.5. The third-order valence-electron chi connectivity index (χ3n) is 9.84. The smallest absolute Gasteiger partial charge is 0.303 e. The van der Waals surface area contributed by atoms with E-state index in [0.29, 0.717) is 31.3 Å². The largest absolute Gasteiger partial charge is 0.462 e. The van der Waals surface area contributed by atoms with Crippen molar-refractivity contribution in [2.24, 2.45) is 34.0 Å². The van der Waals surface area contributed by atoms with E-state index in [-0.39, 0.29) is 12.5 Å². The third kappa shape index (κ3) is 2.95. The molecule has 194 valence electrons. The summed E-state index contributed by atoms with van der Waals surface area (Å²) in [5.74, 6) is -4.88. The van der Waals surface area contributed by atoms with Gasteiger partial charge in [0.25, 0.3) is 0 Å². The maximum atomic E-state index is 12.3. The number of esters is 3. The average Bonchev–Trinajstić information content (AvgIpc) is 2.93. The molecule has 2 spiro atoms. The van der Waals surface area contributed by atoms with Gasteiger partial charge in [-0.1, -0.05) is 20.4 Å². The molecule has 0 aromatic rings. The van der Waals surface area contributed by atoms with Gasteiger partial charge in [0.15, 0.2) is 0 Å². The Morgan fingerprint density at radius 2 is 1.66 bits per heavy atom. The summed E-state index contributed by atoms with van der Waals surface area (Å²) in [6.07, 6.45) is -1.62. The van der Waals surface area contributed by atoms with E-state index in [2.05, 4.69) is 6.58 Å². The van der Waals surface area contributed by atoms with Crippen LogP contribution in [0.3, 0.4) is 0 Å². The van der Waals surface area contributed by atoms with E-state index < -0.39 is 76.2 Å². The van der Waals surface area contributed by atoms with E-state index in [1.807, 2.05) is 13.8 Å². The fourth-order valence-electron chi connectivity index (χ4n) is 9.09. The van der Waals surface area contributed by atoms with Crippen LogP contribution in [0.2, 0.25) is 0 Å². The minimum absolute atomic E-state index is 0.0146. The Morgan fingerprint density at radius 3 is 2.26 bits per heavy atom. The lowest BCUT2D eigenvalue weighted by molar-refractivity contribution is -0.472. The number of fused-ring (bicyclic) bond motifs is 2. The number of aliphatic hydroxyl groups excluding tert-OH is 1. The molecule has 35 heavy (non-hydrogen) atoms. The summed E-state index contributed by atoms with van der Waals surface area (Å²) in [5, 5.41) is 24.2. The van der Waals surface area contributed by atoms with Crippen LogP contribution in [0.1, 0.15) is 60.3 Å². The fraction of sp³-hybridized carbons (Fsp3) is 0.808. The Hall–Kier alpha value is -1.97. The zero-order valence-corrected chi connectivity index (χ0v) is 21.0. The highest BCUT2D eigenvalue weighted by Crippen LogP contribution is 2.78. The number of carbonyl (C=O) groups is 3. The molecule has 2 saturated heterocycles. The molecule has 10 atom stereocenters. The molecule has 6 aliphatic rings. The van der Waals surface area contributed by atoms with Crippen molar-refractivity contribution in [1.82, 2.24) is 0 Å². The van der Waals surface area contributed by atoms with Crippen molar-refractivity contribution >= 4 is 17.9 Å². The number of ether oxygens (including phenoxy) is 4. The maximum absolute atomic E-state index is 12.3. The van der Waals surface area contributed by atoms with Crippen LogP contribution in [-0.2, 0) is 33.3 Å². The van der Waals surface area contributed by atoms with Gasteiger partial charge in [-0.2, -0.15) is 0 Å². The zero-order valence-electron chi connectivity index (χ0n) is 21.0. The molecule has 6 rings (SSSR count). The first-order chi connectivity index (χ1) is 16.2. The topological polar surface area (TPSA) is 129 Å². The summed E-state index contributed by atoms with van der Waals surface area (Å²) in [6, 6.07) is 0. The first kappa shape index (κ1) is 24.7. The monoisotopic (exact) mass is 492 g/mol. The summed E-state index contributed by atoms with van der Waals surface area (Å²) in [4.78, 5) is 36.8. The molecule has 2 aliphatic heterocycles. The fourth-order valence-corrected chi connectivity index (χ4v) is 9.09. The minimum atomic E-state index is -2.07. The molecule has 4 bridgehead atoms. The van der Waals surface area contributed by atoms with Crippen molar-refractivity contribution in [1.29, 1.82) is 0 Å². The summed E-state index contributed by atoms with van der Waals surface area (Å²) >= 11 is 0. The molecule has 2 N–H and O–H groups in total. The zero-order chi connectivity index (χ0) is 25.7. The quantitative estimate of drug-likeness (QED) is 0.345. The van der Waals surface area contributed by atoms with Gasteiger partial charge in [0.1, 0.15) is 24.4 Å². The highest BCUT2D eigenvalue weighted by Gasteiger charge is 2.87. The van der Waals surface area contributed by atoms with Gasteiger partial charge in [0.05, 0.1) is 12.0 Å². The maximum Gasteiger partial charge on any atom is 0.303 e. The highest BCUT2D eigenvalue weighted by molar-refractivity contribution is 5.68. The molecule has 9 nitrogen and oxygen atoms in total. The van der Waals surface area contributed by atoms with Crippen LogP contribution in [0.5, 0.6) is 0 Å². The molecule has 0 aromatic carbocycles. The Morgan fingerprint density at radius 1 is 1.03 bits per heavy atom. The van der Waals surface area contributed by atoms with Crippen LogP contribution in [0.4, 0.5) is 0 Å². The average molecular weight is 493 g/mol. The second-order valence-corrected chi connectivity index (χ2v) is 12.0. The number of hydrogen-bond donors (Lipinski definition) is 2. The van der Waals surface area contributed by atoms with E-state index in [0.717, 1.165) is 0 Å². The SMILES string of the molecule is C=C1[C@@H]2C[C@@H](OC(C)=O)[C@@H]3[C@@]45CO[C@](O)([C@@H](O)[C@@H]4C(C)(C)CC[C@@H]5OC(C)=O)[C@]3(C2)[C@@H]1OC(C)=O. The van der Waals surface area contributed by atoms with Crippen molar-refractivity contribution in [3.8, 4) is 0 Å².